The van der Waals surface area contributed by atoms with E-state index in [1.165, 1.54) is 13.2 Å². The van der Waals surface area contributed by atoms with Gasteiger partial charge in [-0.15, -0.1) is 0 Å². The second-order valence-electron chi connectivity index (χ2n) is 1.86. The first-order chi connectivity index (χ1) is 5.15. The molecule has 56 valence electrons. The van der Waals surface area contributed by atoms with E-state index in [1.807, 2.05) is 0 Å². The Hall–Kier alpha value is -0.765. The molecule has 2 nitrogen and oxygen atoms in total. The summed E-state index contributed by atoms with van der Waals surface area (Å²) in [5.74, 6) is -0.869. The van der Waals surface area contributed by atoms with E-state index in [1.54, 1.807) is 0 Å². The molecule has 0 aromatic carbocycles. The summed E-state index contributed by atoms with van der Waals surface area (Å²) in [5.41, 5.74) is 0.144. The van der Waals surface area contributed by atoms with Crippen LogP contribution in [0.2, 0.25) is 5.15 Å². The molecule has 0 fully saturated rings. The zero-order valence-electron chi connectivity index (χ0n) is 5.77. The smallest absolute Gasteiger partial charge is 0.256 e. The molecule has 2 radical (unpaired) electrons. The van der Waals surface area contributed by atoms with E-state index in [9.17, 15) is 4.39 Å². The number of pyridine rings is 1. The summed E-state index contributed by atoms with van der Waals surface area (Å²) in [5, 5.41) is 0.0146. The minimum atomic E-state index is -0.794. The molecule has 1 aromatic rings. The van der Waals surface area contributed by atoms with Gasteiger partial charge in [0.2, 0.25) is 0 Å². The number of halogens is 2. The third-order valence-electron chi connectivity index (χ3n) is 1.13. The quantitative estimate of drug-likeness (QED) is 0.458. The first kappa shape index (κ1) is 8.33. The van der Waals surface area contributed by atoms with Crippen LogP contribution in [-0.4, -0.2) is 19.9 Å². The average molecular weight is 171 g/mol. The Morgan fingerprint density at radius 3 is 2.82 bits per heavy atom. The van der Waals surface area contributed by atoms with Gasteiger partial charge < -0.3 is 4.74 Å². The molecule has 0 bridgehead atoms. The fraction of sp³-hybridized carbons (Fsp3) is 0.167. The van der Waals surface area contributed by atoms with Gasteiger partial charge in [0.05, 0.1) is 7.11 Å². The Morgan fingerprint density at radius 1 is 1.73 bits per heavy atom. The van der Waals surface area contributed by atoms with Gasteiger partial charge in [0.15, 0.2) is 5.75 Å². The maximum Gasteiger partial charge on any atom is 0.256 e. The van der Waals surface area contributed by atoms with Crippen molar-refractivity contribution in [3.63, 3.8) is 0 Å². The van der Waals surface area contributed by atoms with Crippen molar-refractivity contribution >= 4 is 24.9 Å². The highest BCUT2D eigenvalue weighted by Crippen LogP contribution is 2.13. The predicted octanol–water partition coefficient (Wildman–Crippen LogP) is 0.676. The SMILES string of the molecule is [B]c1cc(Cl)nc(F)c1OC. The molecule has 0 amide bonds. The fourth-order valence-electron chi connectivity index (χ4n) is 0.692. The summed E-state index contributed by atoms with van der Waals surface area (Å²) < 4.78 is 17.3. The molecule has 0 unspecified atom stereocenters. The Kier molecular flexibility index (Phi) is 2.34. The number of hydrogen-bond donors (Lipinski definition) is 0. The van der Waals surface area contributed by atoms with Gasteiger partial charge >= 0.3 is 0 Å². The molecule has 1 aromatic heterocycles. The topological polar surface area (TPSA) is 22.1 Å². The lowest BCUT2D eigenvalue weighted by molar-refractivity contribution is 0.381. The minimum absolute atomic E-state index is 0.0146. The summed E-state index contributed by atoms with van der Waals surface area (Å²) in [4.78, 5) is 3.30. The van der Waals surface area contributed by atoms with Crippen LogP contribution in [0.3, 0.4) is 0 Å². The van der Waals surface area contributed by atoms with E-state index in [0.717, 1.165) is 0 Å². The van der Waals surface area contributed by atoms with Crippen LogP contribution in [-0.2, 0) is 0 Å². The van der Waals surface area contributed by atoms with Crippen molar-refractivity contribution in [1.82, 2.24) is 4.98 Å². The Balaban J connectivity index is 3.25. The van der Waals surface area contributed by atoms with Crippen LogP contribution in [0.25, 0.3) is 0 Å². The van der Waals surface area contributed by atoms with Gasteiger partial charge in [-0.2, -0.15) is 4.39 Å². The van der Waals surface area contributed by atoms with Crippen molar-refractivity contribution < 1.29 is 9.13 Å². The number of aromatic nitrogens is 1. The van der Waals surface area contributed by atoms with Crippen LogP contribution in [0.15, 0.2) is 6.07 Å². The number of methoxy groups -OCH3 is 1. The first-order valence-corrected chi connectivity index (χ1v) is 3.18. The van der Waals surface area contributed by atoms with Crippen LogP contribution in [0.4, 0.5) is 4.39 Å². The minimum Gasteiger partial charge on any atom is -0.493 e. The van der Waals surface area contributed by atoms with Gasteiger partial charge in [-0.3, -0.25) is 0 Å². The third kappa shape index (κ3) is 1.63. The molecular formula is C6H4BClFNO. The van der Waals surface area contributed by atoms with Gasteiger partial charge in [0.1, 0.15) is 13.0 Å². The second kappa shape index (κ2) is 3.09. The standard InChI is InChI=1S/C6H4BClFNO/c1-11-5-3(7)2-4(8)10-6(5)9/h2H,1H3. The Bertz CT molecular complexity index is 258. The summed E-state index contributed by atoms with van der Waals surface area (Å²) in [6.45, 7) is 0. The molecule has 0 spiro atoms. The van der Waals surface area contributed by atoms with E-state index < -0.39 is 5.95 Å². The predicted molar refractivity (Wildman–Crippen MR) is 41.1 cm³/mol. The molecule has 0 atom stereocenters. The summed E-state index contributed by atoms with van der Waals surface area (Å²) in [7, 11) is 6.65. The Labute approximate surface area is 69.8 Å². The van der Waals surface area contributed by atoms with Crippen molar-refractivity contribution in [1.29, 1.82) is 0 Å². The summed E-state index contributed by atoms with van der Waals surface area (Å²) >= 11 is 5.39. The molecule has 0 saturated heterocycles. The lowest BCUT2D eigenvalue weighted by Crippen LogP contribution is -2.10. The zero-order chi connectivity index (χ0) is 8.43. The van der Waals surface area contributed by atoms with Crippen LogP contribution in [0, 0.1) is 5.95 Å². The van der Waals surface area contributed by atoms with E-state index >= 15 is 0 Å². The summed E-state index contributed by atoms with van der Waals surface area (Å²) in [6.07, 6.45) is 0. The molecule has 0 N–H and O–H groups in total. The van der Waals surface area contributed by atoms with E-state index in [0.29, 0.717) is 0 Å². The average Bonchev–Trinajstić information content (AvgIpc) is 1.85. The number of ether oxygens (including phenoxy) is 1. The highest BCUT2D eigenvalue weighted by atomic mass is 35.5. The molecule has 0 aliphatic carbocycles. The van der Waals surface area contributed by atoms with Crippen LogP contribution in [0.1, 0.15) is 0 Å². The fourth-order valence-corrected chi connectivity index (χ4v) is 0.884. The molecule has 5 heteroatoms. The van der Waals surface area contributed by atoms with Gasteiger partial charge in [-0.25, -0.2) is 4.98 Å². The third-order valence-corrected chi connectivity index (χ3v) is 1.33. The van der Waals surface area contributed by atoms with Crippen LogP contribution < -0.4 is 10.2 Å². The van der Waals surface area contributed by atoms with Crippen LogP contribution in [0.5, 0.6) is 5.75 Å². The van der Waals surface area contributed by atoms with E-state index in [-0.39, 0.29) is 16.4 Å². The highest BCUT2D eigenvalue weighted by Gasteiger charge is 2.07. The number of rotatable bonds is 1. The van der Waals surface area contributed by atoms with Gasteiger partial charge in [0, 0.05) is 0 Å². The molecule has 11 heavy (non-hydrogen) atoms. The van der Waals surface area contributed by atoms with Gasteiger partial charge in [-0.05, 0) is 11.5 Å². The van der Waals surface area contributed by atoms with E-state index in [2.05, 4.69) is 9.72 Å². The molecular weight excluding hydrogens is 167 g/mol. The van der Waals surface area contributed by atoms with Crippen molar-refractivity contribution in [2.45, 2.75) is 0 Å². The van der Waals surface area contributed by atoms with E-state index in [4.69, 9.17) is 19.4 Å². The Morgan fingerprint density at radius 2 is 2.36 bits per heavy atom. The monoisotopic (exact) mass is 171 g/mol. The lowest BCUT2D eigenvalue weighted by atomic mass is 9.97. The zero-order valence-corrected chi connectivity index (χ0v) is 6.52. The molecule has 1 heterocycles. The van der Waals surface area contributed by atoms with Crippen molar-refractivity contribution in [3.8, 4) is 5.75 Å². The molecule has 0 aliphatic heterocycles. The largest absolute Gasteiger partial charge is 0.493 e. The maximum atomic E-state index is 12.7. The van der Waals surface area contributed by atoms with Gasteiger partial charge in [0.25, 0.3) is 5.95 Å². The summed E-state index contributed by atoms with van der Waals surface area (Å²) in [6, 6.07) is 1.32. The van der Waals surface area contributed by atoms with Gasteiger partial charge in [-0.1, -0.05) is 11.6 Å². The molecule has 0 saturated carbocycles. The highest BCUT2D eigenvalue weighted by molar-refractivity contribution is 6.37. The molecule has 0 aliphatic rings. The number of hydrogen-bond acceptors (Lipinski definition) is 2. The number of nitrogens with zero attached hydrogens (tertiary/aromatic N) is 1. The van der Waals surface area contributed by atoms with Crippen molar-refractivity contribution in [2.24, 2.45) is 0 Å². The maximum absolute atomic E-state index is 12.7. The normalized spacial score (nSPS) is 9.73. The van der Waals surface area contributed by atoms with Crippen LogP contribution >= 0.6 is 11.6 Å². The molecule has 1 rings (SSSR count). The van der Waals surface area contributed by atoms with Crippen molar-refractivity contribution in [2.75, 3.05) is 7.11 Å². The lowest BCUT2D eigenvalue weighted by Gasteiger charge is -2.04. The second-order valence-corrected chi connectivity index (χ2v) is 2.25. The van der Waals surface area contributed by atoms with Crippen molar-refractivity contribution in [3.05, 3.63) is 17.2 Å². The first-order valence-electron chi connectivity index (χ1n) is 2.80.